The average Bonchev–Trinajstić information content (AvgIpc) is 2.43. The third-order valence-electron chi connectivity index (χ3n) is 3.18. The van der Waals surface area contributed by atoms with E-state index in [9.17, 15) is 4.79 Å². The summed E-state index contributed by atoms with van der Waals surface area (Å²) in [5, 5.41) is 1.11. The van der Waals surface area contributed by atoms with Gasteiger partial charge in [0.2, 0.25) is 0 Å². The molecule has 1 heterocycles. The van der Waals surface area contributed by atoms with Gasteiger partial charge in [-0.05, 0) is 36.6 Å². The molecule has 0 aliphatic carbocycles. The van der Waals surface area contributed by atoms with Crippen LogP contribution >= 0.6 is 0 Å². The highest BCUT2D eigenvalue weighted by atomic mass is 16.5. The topological polar surface area (TPSA) is 39.2 Å². The standard InChI is InChI=1S/C15H17NO2/c1-3-12(15(17)18-2)9-11-6-7-14-13(10-11)5-4-8-16-14/h4-8,10,12H,3,9H2,1-2H3. The number of hydrogen-bond donors (Lipinski definition) is 0. The number of carbonyl (C=O) groups excluding carboxylic acids is 1. The fourth-order valence-electron chi connectivity index (χ4n) is 2.10. The number of nitrogens with zero attached hydrogens (tertiary/aromatic N) is 1. The van der Waals surface area contributed by atoms with Crippen molar-refractivity contribution in [3.05, 3.63) is 42.1 Å². The van der Waals surface area contributed by atoms with Crippen molar-refractivity contribution in [1.82, 2.24) is 4.98 Å². The highest BCUT2D eigenvalue weighted by molar-refractivity contribution is 5.79. The number of rotatable bonds is 4. The quantitative estimate of drug-likeness (QED) is 0.775. The molecule has 3 heteroatoms. The number of fused-ring (bicyclic) bond motifs is 1. The number of methoxy groups -OCH3 is 1. The summed E-state index contributed by atoms with van der Waals surface area (Å²) in [5.74, 6) is -0.201. The highest BCUT2D eigenvalue weighted by Gasteiger charge is 2.17. The summed E-state index contributed by atoms with van der Waals surface area (Å²) >= 11 is 0. The van der Waals surface area contributed by atoms with Crippen LogP contribution < -0.4 is 0 Å². The summed E-state index contributed by atoms with van der Waals surface area (Å²) in [4.78, 5) is 15.9. The first-order valence-electron chi connectivity index (χ1n) is 6.16. The van der Waals surface area contributed by atoms with Crippen LogP contribution in [-0.2, 0) is 16.0 Å². The van der Waals surface area contributed by atoms with Crippen molar-refractivity contribution in [3.63, 3.8) is 0 Å². The molecule has 0 spiro atoms. The maximum atomic E-state index is 11.6. The second-order valence-corrected chi connectivity index (χ2v) is 4.36. The van der Waals surface area contributed by atoms with Crippen molar-refractivity contribution >= 4 is 16.9 Å². The van der Waals surface area contributed by atoms with Gasteiger partial charge in [-0.25, -0.2) is 0 Å². The molecule has 94 valence electrons. The maximum Gasteiger partial charge on any atom is 0.308 e. The lowest BCUT2D eigenvalue weighted by atomic mass is 9.96. The molecule has 0 aliphatic rings. The molecule has 0 amide bonds. The Bertz CT molecular complexity index is 551. The minimum atomic E-state index is -0.135. The van der Waals surface area contributed by atoms with Gasteiger partial charge in [-0.2, -0.15) is 0 Å². The van der Waals surface area contributed by atoms with Crippen molar-refractivity contribution in [1.29, 1.82) is 0 Å². The van der Waals surface area contributed by atoms with E-state index < -0.39 is 0 Å². The second kappa shape index (κ2) is 5.63. The molecule has 18 heavy (non-hydrogen) atoms. The Morgan fingerprint density at radius 1 is 1.39 bits per heavy atom. The van der Waals surface area contributed by atoms with E-state index in [1.54, 1.807) is 6.20 Å². The van der Waals surface area contributed by atoms with Crippen LogP contribution in [0.5, 0.6) is 0 Å². The molecule has 2 rings (SSSR count). The summed E-state index contributed by atoms with van der Waals surface area (Å²) in [6, 6.07) is 10.1. The van der Waals surface area contributed by atoms with Gasteiger partial charge in [0.15, 0.2) is 0 Å². The van der Waals surface area contributed by atoms with E-state index in [4.69, 9.17) is 4.74 Å². The van der Waals surface area contributed by atoms with Gasteiger partial charge >= 0.3 is 5.97 Å². The van der Waals surface area contributed by atoms with E-state index in [0.717, 1.165) is 22.9 Å². The van der Waals surface area contributed by atoms with Crippen molar-refractivity contribution in [2.75, 3.05) is 7.11 Å². The first kappa shape index (κ1) is 12.6. The summed E-state index contributed by atoms with van der Waals surface area (Å²) in [6.07, 6.45) is 3.29. The number of hydrogen-bond acceptors (Lipinski definition) is 3. The highest BCUT2D eigenvalue weighted by Crippen LogP contribution is 2.18. The van der Waals surface area contributed by atoms with E-state index >= 15 is 0 Å². The fourth-order valence-corrected chi connectivity index (χ4v) is 2.10. The molecular formula is C15H17NO2. The Kier molecular flexibility index (Phi) is 3.92. The van der Waals surface area contributed by atoms with Gasteiger partial charge in [-0.1, -0.05) is 19.1 Å². The van der Waals surface area contributed by atoms with Gasteiger partial charge in [0.25, 0.3) is 0 Å². The zero-order valence-electron chi connectivity index (χ0n) is 10.7. The SMILES string of the molecule is CCC(Cc1ccc2ncccc2c1)C(=O)OC. The van der Waals surface area contributed by atoms with E-state index in [2.05, 4.69) is 11.1 Å². The normalized spacial score (nSPS) is 12.3. The first-order valence-corrected chi connectivity index (χ1v) is 6.16. The van der Waals surface area contributed by atoms with Gasteiger partial charge in [-0.3, -0.25) is 9.78 Å². The summed E-state index contributed by atoms with van der Waals surface area (Å²) in [5.41, 5.74) is 2.13. The zero-order chi connectivity index (χ0) is 13.0. The molecule has 1 atom stereocenters. The zero-order valence-corrected chi connectivity index (χ0v) is 10.7. The molecule has 0 saturated carbocycles. The Morgan fingerprint density at radius 3 is 2.94 bits per heavy atom. The molecule has 2 aromatic rings. The summed E-state index contributed by atoms with van der Waals surface area (Å²) in [6.45, 7) is 2.00. The number of ether oxygens (including phenoxy) is 1. The largest absolute Gasteiger partial charge is 0.469 e. The van der Waals surface area contributed by atoms with Crippen molar-refractivity contribution in [3.8, 4) is 0 Å². The van der Waals surface area contributed by atoms with Crippen LogP contribution in [-0.4, -0.2) is 18.1 Å². The molecule has 0 N–H and O–H groups in total. The van der Waals surface area contributed by atoms with Gasteiger partial charge < -0.3 is 4.74 Å². The predicted octanol–water partition coefficient (Wildman–Crippen LogP) is 2.98. The smallest absolute Gasteiger partial charge is 0.308 e. The Morgan fingerprint density at radius 2 is 2.22 bits per heavy atom. The molecule has 1 aromatic carbocycles. The van der Waals surface area contributed by atoms with Gasteiger partial charge in [0, 0.05) is 11.6 Å². The van der Waals surface area contributed by atoms with Crippen LogP contribution in [0.15, 0.2) is 36.5 Å². The monoisotopic (exact) mass is 243 g/mol. The molecule has 0 saturated heterocycles. The van der Waals surface area contributed by atoms with Crippen LogP contribution in [0.4, 0.5) is 0 Å². The number of benzene rings is 1. The molecule has 1 aromatic heterocycles. The molecule has 3 nitrogen and oxygen atoms in total. The molecule has 0 bridgehead atoms. The Labute approximate surface area is 107 Å². The summed E-state index contributed by atoms with van der Waals surface area (Å²) < 4.78 is 4.81. The lowest BCUT2D eigenvalue weighted by molar-refractivity contribution is -0.145. The lowest BCUT2D eigenvalue weighted by Crippen LogP contribution is -2.17. The van der Waals surface area contributed by atoms with E-state index in [1.165, 1.54) is 7.11 Å². The lowest BCUT2D eigenvalue weighted by Gasteiger charge is -2.12. The van der Waals surface area contributed by atoms with Gasteiger partial charge in [0.05, 0.1) is 18.5 Å². The van der Waals surface area contributed by atoms with E-state index in [-0.39, 0.29) is 11.9 Å². The van der Waals surface area contributed by atoms with Gasteiger partial charge in [-0.15, -0.1) is 0 Å². The van der Waals surface area contributed by atoms with Crippen LogP contribution in [0.2, 0.25) is 0 Å². The third kappa shape index (κ3) is 2.67. The van der Waals surface area contributed by atoms with Crippen LogP contribution in [0.1, 0.15) is 18.9 Å². The Hall–Kier alpha value is -1.90. The van der Waals surface area contributed by atoms with Crippen LogP contribution in [0, 0.1) is 5.92 Å². The maximum absolute atomic E-state index is 11.6. The van der Waals surface area contributed by atoms with Crippen molar-refractivity contribution in [2.24, 2.45) is 5.92 Å². The molecule has 0 fully saturated rings. The molecular weight excluding hydrogens is 226 g/mol. The fraction of sp³-hybridized carbons (Fsp3) is 0.333. The third-order valence-corrected chi connectivity index (χ3v) is 3.18. The van der Waals surface area contributed by atoms with Gasteiger partial charge in [0.1, 0.15) is 0 Å². The molecule has 0 aliphatic heterocycles. The number of aromatic nitrogens is 1. The van der Waals surface area contributed by atoms with E-state index in [1.807, 2.05) is 31.2 Å². The second-order valence-electron chi connectivity index (χ2n) is 4.36. The minimum absolute atomic E-state index is 0.0656. The van der Waals surface area contributed by atoms with Crippen molar-refractivity contribution < 1.29 is 9.53 Å². The van der Waals surface area contributed by atoms with Crippen LogP contribution in [0.3, 0.4) is 0 Å². The molecule has 0 radical (unpaired) electrons. The number of pyridine rings is 1. The minimum Gasteiger partial charge on any atom is -0.469 e. The Balaban J connectivity index is 2.23. The van der Waals surface area contributed by atoms with Crippen molar-refractivity contribution in [2.45, 2.75) is 19.8 Å². The predicted molar refractivity (Wildman–Crippen MR) is 71.2 cm³/mol. The van der Waals surface area contributed by atoms with E-state index in [0.29, 0.717) is 6.42 Å². The van der Waals surface area contributed by atoms with Crippen LogP contribution in [0.25, 0.3) is 10.9 Å². The average molecular weight is 243 g/mol. The number of carbonyl (C=O) groups is 1. The summed E-state index contributed by atoms with van der Waals surface area (Å²) in [7, 11) is 1.44. The number of esters is 1. The molecule has 1 unspecified atom stereocenters. The first-order chi connectivity index (χ1) is 8.74.